The second-order valence-electron chi connectivity index (χ2n) is 4.79. The van der Waals surface area contributed by atoms with Gasteiger partial charge in [-0.05, 0) is 37.6 Å². The number of ether oxygens (including phenoxy) is 1. The molecule has 0 aliphatic carbocycles. The third kappa shape index (κ3) is 4.08. The van der Waals surface area contributed by atoms with Crippen LogP contribution in [0.15, 0.2) is 30.3 Å². The first kappa shape index (κ1) is 16.0. The van der Waals surface area contributed by atoms with Crippen LogP contribution in [0.25, 0.3) is 0 Å². The molecular formula is C16H18N2O3S. The van der Waals surface area contributed by atoms with Crippen LogP contribution in [0.3, 0.4) is 0 Å². The number of amides is 2. The number of aryl methyl sites for hydroxylation is 2. The minimum Gasteiger partial charge on any atom is -0.484 e. The summed E-state index contributed by atoms with van der Waals surface area (Å²) in [6.45, 7) is 3.91. The summed E-state index contributed by atoms with van der Waals surface area (Å²) in [5.41, 5.74) is 1.74. The van der Waals surface area contributed by atoms with Gasteiger partial charge in [0.25, 0.3) is 11.8 Å². The molecule has 0 fully saturated rings. The molecule has 0 unspecified atom stereocenters. The van der Waals surface area contributed by atoms with E-state index in [1.807, 2.05) is 19.9 Å². The Kier molecular flexibility index (Phi) is 5.16. The van der Waals surface area contributed by atoms with Gasteiger partial charge in [0.2, 0.25) is 0 Å². The average Bonchev–Trinajstić information content (AvgIpc) is 2.85. The van der Waals surface area contributed by atoms with E-state index in [4.69, 9.17) is 4.74 Å². The molecule has 0 saturated heterocycles. The quantitative estimate of drug-likeness (QED) is 0.891. The number of nitrogens with one attached hydrogen (secondary N) is 2. The van der Waals surface area contributed by atoms with E-state index < -0.39 is 0 Å². The lowest BCUT2D eigenvalue weighted by molar-refractivity contribution is -0.122. The number of carbonyl (C=O) groups excluding carboxylic acids is 2. The van der Waals surface area contributed by atoms with Gasteiger partial charge < -0.3 is 15.4 Å². The van der Waals surface area contributed by atoms with Gasteiger partial charge in [0.05, 0.1) is 4.88 Å². The number of carbonyl (C=O) groups is 2. The molecule has 0 aliphatic heterocycles. The normalized spacial score (nSPS) is 10.1. The first-order chi connectivity index (χ1) is 10.5. The maximum atomic E-state index is 12.2. The van der Waals surface area contributed by atoms with Crippen molar-refractivity contribution in [3.05, 3.63) is 45.6 Å². The van der Waals surface area contributed by atoms with Crippen LogP contribution in [0, 0.1) is 13.8 Å². The first-order valence-electron chi connectivity index (χ1n) is 6.81. The van der Waals surface area contributed by atoms with E-state index in [-0.39, 0.29) is 18.4 Å². The van der Waals surface area contributed by atoms with Crippen LogP contribution in [0.1, 0.15) is 20.1 Å². The van der Waals surface area contributed by atoms with Gasteiger partial charge in [-0.3, -0.25) is 9.59 Å². The summed E-state index contributed by atoms with van der Waals surface area (Å²) in [5, 5.41) is 5.31. The molecule has 2 aromatic rings. The van der Waals surface area contributed by atoms with Crippen LogP contribution >= 0.6 is 11.3 Å². The third-order valence-corrected chi connectivity index (χ3v) is 4.28. The summed E-state index contributed by atoms with van der Waals surface area (Å²) >= 11 is 1.47. The van der Waals surface area contributed by atoms with Gasteiger partial charge in [-0.1, -0.05) is 6.07 Å². The largest absolute Gasteiger partial charge is 0.484 e. The molecule has 0 spiro atoms. The lowest BCUT2D eigenvalue weighted by Gasteiger charge is -2.08. The predicted molar refractivity (Wildman–Crippen MR) is 87.7 cm³/mol. The minimum absolute atomic E-state index is 0.0583. The number of hydrogen-bond donors (Lipinski definition) is 2. The Morgan fingerprint density at radius 1 is 1.23 bits per heavy atom. The van der Waals surface area contributed by atoms with E-state index in [1.165, 1.54) is 11.3 Å². The molecule has 1 aromatic heterocycles. The lowest BCUT2D eigenvalue weighted by Crippen LogP contribution is -2.24. The highest BCUT2D eigenvalue weighted by Crippen LogP contribution is 2.23. The summed E-state index contributed by atoms with van der Waals surface area (Å²) in [6.07, 6.45) is 0. The van der Waals surface area contributed by atoms with Gasteiger partial charge in [0, 0.05) is 23.7 Å². The van der Waals surface area contributed by atoms with E-state index in [0.717, 1.165) is 10.4 Å². The molecule has 116 valence electrons. The molecule has 0 aliphatic rings. The zero-order valence-electron chi connectivity index (χ0n) is 12.7. The van der Waals surface area contributed by atoms with E-state index in [0.29, 0.717) is 16.3 Å². The highest BCUT2D eigenvalue weighted by Gasteiger charge is 2.11. The van der Waals surface area contributed by atoms with Gasteiger partial charge in [-0.2, -0.15) is 0 Å². The fourth-order valence-electron chi connectivity index (χ4n) is 1.76. The second kappa shape index (κ2) is 7.09. The zero-order valence-corrected chi connectivity index (χ0v) is 13.5. The van der Waals surface area contributed by atoms with Gasteiger partial charge in [0.1, 0.15) is 5.75 Å². The Morgan fingerprint density at radius 3 is 2.64 bits per heavy atom. The van der Waals surface area contributed by atoms with Crippen molar-refractivity contribution in [1.82, 2.24) is 5.32 Å². The number of hydrogen-bond acceptors (Lipinski definition) is 4. The molecule has 2 rings (SSSR count). The van der Waals surface area contributed by atoms with E-state index >= 15 is 0 Å². The highest BCUT2D eigenvalue weighted by molar-refractivity contribution is 7.14. The zero-order chi connectivity index (χ0) is 16.1. The number of anilines is 1. The molecule has 1 heterocycles. The minimum atomic E-state index is -0.209. The number of likely N-dealkylation sites (N-methyl/N-ethyl adjacent to an activating group) is 1. The Bertz CT molecular complexity index is 675. The monoisotopic (exact) mass is 318 g/mol. The lowest BCUT2D eigenvalue weighted by atomic mass is 10.2. The van der Waals surface area contributed by atoms with Crippen molar-refractivity contribution in [1.29, 1.82) is 0 Å². The van der Waals surface area contributed by atoms with Gasteiger partial charge in [-0.25, -0.2) is 0 Å². The Hall–Kier alpha value is -2.34. The van der Waals surface area contributed by atoms with Crippen molar-refractivity contribution in [2.24, 2.45) is 0 Å². The predicted octanol–water partition coefficient (Wildman–Crippen LogP) is 2.74. The Morgan fingerprint density at radius 2 is 2.00 bits per heavy atom. The molecule has 0 radical (unpaired) electrons. The fourth-order valence-corrected chi connectivity index (χ4v) is 2.69. The molecule has 6 heteroatoms. The summed E-state index contributed by atoms with van der Waals surface area (Å²) in [6, 6.07) is 8.84. The highest BCUT2D eigenvalue weighted by atomic mass is 32.1. The first-order valence-corrected chi connectivity index (χ1v) is 7.63. The summed E-state index contributed by atoms with van der Waals surface area (Å²) < 4.78 is 5.35. The van der Waals surface area contributed by atoms with Crippen LogP contribution in [0.5, 0.6) is 5.75 Å². The Balaban J connectivity index is 2.03. The van der Waals surface area contributed by atoms with Crippen molar-refractivity contribution >= 4 is 28.8 Å². The molecule has 0 bridgehead atoms. The smallest absolute Gasteiger partial charge is 0.265 e. The topological polar surface area (TPSA) is 67.4 Å². The summed E-state index contributed by atoms with van der Waals surface area (Å²) in [4.78, 5) is 25.2. The fraction of sp³-hybridized carbons (Fsp3) is 0.250. The Labute approximate surface area is 133 Å². The third-order valence-electron chi connectivity index (χ3n) is 3.13. The molecule has 1 aromatic carbocycles. The molecule has 5 nitrogen and oxygen atoms in total. The van der Waals surface area contributed by atoms with Gasteiger partial charge in [-0.15, -0.1) is 11.3 Å². The second-order valence-corrected chi connectivity index (χ2v) is 6.05. The molecule has 0 saturated carbocycles. The van der Waals surface area contributed by atoms with Crippen LogP contribution in [0.2, 0.25) is 0 Å². The van der Waals surface area contributed by atoms with Crippen molar-refractivity contribution in [2.75, 3.05) is 19.0 Å². The summed E-state index contributed by atoms with van der Waals surface area (Å²) in [5.74, 6) is 0.170. The number of rotatable bonds is 5. The average molecular weight is 318 g/mol. The van der Waals surface area contributed by atoms with Gasteiger partial charge >= 0.3 is 0 Å². The van der Waals surface area contributed by atoms with Crippen molar-refractivity contribution < 1.29 is 14.3 Å². The maximum absolute atomic E-state index is 12.2. The molecule has 22 heavy (non-hydrogen) atoms. The standard InChI is InChI=1S/C16H18N2O3S/c1-10-7-14(22-11(10)2)16(20)18-12-5-4-6-13(8-12)21-9-15(19)17-3/h4-8H,9H2,1-3H3,(H,17,19)(H,18,20). The van der Waals surface area contributed by atoms with Crippen molar-refractivity contribution in [3.63, 3.8) is 0 Å². The molecule has 0 atom stereocenters. The van der Waals surface area contributed by atoms with E-state index in [1.54, 1.807) is 31.3 Å². The molecular weight excluding hydrogens is 300 g/mol. The van der Waals surface area contributed by atoms with E-state index in [2.05, 4.69) is 10.6 Å². The van der Waals surface area contributed by atoms with Crippen molar-refractivity contribution in [2.45, 2.75) is 13.8 Å². The SMILES string of the molecule is CNC(=O)COc1cccc(NC(=O)c2cc(C)c(C)s2)c1. The van der Waals surface area contributed by atoms with Crippen molar-refractivity contribution in [3.8, 4) is 5.75 Å². The van der Waals surface area contributed by atoms with E-state index in [9.17, 15) is 9.59 Å². The van der Waals surface area contributed by atoms with Crippen LogP contribution in [0.4, 0.5) is 5.69 Å². The molecule has 2 N–H and O–H groups in total. The number of benzene rings is 1. The van der Waals surface area contributed by atoms with Crippen LogP contribution in [-0.4, -0.2) is 25.5 Å². The van der Waals surface area contributed by atoms with Crippen LogP contribution in [-0.2, 0) is 4.79 Å². The van der Waals surface area contributed by atoms with Gasteiger partial charge in [0.15, 0.2) is 6.61 Å². The summed E-state index contributed by atoms with van der Waals surface area (Å²) in [7, 11) is 1.55. The number of thiophene rings is 1. The van der Waals surface area contributed by atoms with Crippen LogP contribution < -0.4 is 15.4 Å². The molecule has 2 amide bonds. The maximum Gasteiger partial charge on any atom is 0.265 e.